The zero-order valence-corrected chi connectivity index (χ0v) is 34.2. The number of phenolic OH excluding ortho intramolecular Hbond substituents is 5. The van der Waals surface area contributed by atoms with Crippen LogP contribution >= 0.6 is 0 Å². The van der Waals surface area contributed by atoms with Gasteiger partial charge in [0.25, 0.3) is 0 Å². The van der Waals surface area contributed by atoms with Crippen molar-refractivity contribution in [2.24, 2.45) is 0 Å². The molecule has 3 aliphatic rings. The maximum absolute atomic E-state index is 14.1. The molecule has 15 atom stereocenters. The molecule has 0 bridgehead atoms. The van der Waals surface area contributed by atoms with Crippen molar-refractivity contribution in [2.45, 2.75) is 99.0 Å². The van der Waals surface area contributed by atoms with Crippen LogP contribution in [-0.4, -0.2) is 183 Å². The highest BCUT2D eigenvalue weighted by Gasteiger charge is 2.51. The Morgan fingerprint density at radius 1 is 0.652 bits per heavy atom. The molecule has 358 valence electrons. The van der Waals surface area contributed by atoms with E-state index in [1.165, 1.54) is 37.3 Å². The molecule has 0 spiro atoms. The van der Waals surface area contributed by atoms with Crippen LogP contribution < -0.4 is 14.9 Å². The second kappa shape index (κ2) is 19.6. The predicted octanol–water partition coefficient (Wildman–Crippen LogP) is -2.54. The molecule has 3 aromatic carbocycles. The lowest BCUT2D eigenvalue weighted by Crippen LogP contribution is -2.64. The molecule has 4 heterocycles. The molecule has 24 heteroatoms. The Morgan fingerprint density at radius 3 is 1.94 bits per heavy atom. The van der Waals surface area contributed by atoms with Crippen LogP contribution in [0, 0.1) is 0 Å². The summed E-state index contributed by atoms with van der Waals surface area (Å²) in [6, 6.07) is 8.88. The first-order valence-electron chi connectivity index (χ1n) is 20.0. The molecule has 0 unspecified atom stereocenters. The largest absolute Gasteiger partial charge is 0.507 e. The van der Waals surface area contributed by atoms with Crippen molar-refractivity contribution in [2.75, 3.05) is 13.2 Å². The lowest BCUT2D eigenvalue weighted by atomic mass is 9.97. The van der Waals surface area contributed by atoms with Gasteiger partial charge in [-0.15, -0.1) is 0 Å². The smallest absolute Gasteiger partial charge is 0.330 e. The summed E-state index contributed by atoms with van der Waals surface area (Å²) >= 11 is 0. The fourth-order valence-corrected chi connectivity index (χ4v) is 7.30. The van der Waals surface area contributed by atoms with Crippen molar-refractivity contribution in [3.05, 3.63) is 70.4 Å². The van der Waals surface area contributed by atoms with Crippen molar-refractivity contribution in [3.63, 3.8) is 0 Å². The van der Waals surface area contributed by atoms with Gasteiger partial charge in [-0.25, -0.2) is 4.79 Å². The van der Waals surface area contributed by atoms with Crippen molar-refractivity contribution < 1.29 is 114 Å². The molecule has 0 amide bonds. The number of aromatic hydroxyl groups is 5. The summed E-state index contributed by atoms with van der Waals surface area (Å²) in [5.41, 5.74) is -1.37. The minimum atomic E-state index is -2.00. The maximum atomic E-state index is 14.1. The Hall–Kier alpha value is -5.84. The van der Waals surface area contributed by atoms with Crippen LogP contribution in [0.3, 0.4) is 0 Å². The Labute approximate surface area is 370 Å². The monoisotopic (exact) mass is 934 g/mol. The summed E-state index contributed by atoms with van der Waals surface area (Å²) in [4.78, 5) is 26.5. The number of aliphatic hydroxyl groups is 9. The first-order chi connectivity index (χ1) is 31.3. The quantitative estimate of drug-likeness (QED) is 0.0395. The van der Waals surface area contributed by atoms with E-state index in [0.717, 1.165) is 30.3 Å². The molecule has 3 aliphatic heterocycles. The zero-order chi connectivity index (χ0) is 47.9. The number of rotatable bonds is 12. The van der Waals surface area contributed by atoms with Gasteiger partial charge in [-0.2, -0.15) is 0 Å². The van der Waals surface area contributed by atoms with E-state index in [0.29, 0.717) is 5.56 Å². The topological polar surface area (TPSA) is 395 Å². The Morgan fingerprint density at radius 2 is 1.27 bits per heavy atom. The van der Waals surface area contributed by atoms with E-state index in [-0.39, 0.29) is 17.1 Å². The van der Waals surface area contributed by atoms with Crippen LogP contribution in [0.5, 0.6) is 40.2 Å². The molecule has 0 aliphatic carbocycles. The van der Waals surface area contributed by atoms with Gasteiger partial charge in [-0.05, 0) is 48.9 Å². The van der Waals surface area contributed by atoms with E-state index in [9.17, 15) is 81.1 Å². The molecule has 0 radical (unpaired) electrons. The highest BCUT2D eigenvalue weighted by atomic mass is 16.7. The number of benzene rings is 3. The number of ether oxygens (including phenoxy) is 7. The first-order valence-corrected chi connectivity index (χ1v) is 20.0. The lowest BCUT2D eigenvalue weighted by Gasteiger charge is -2.45. The van der Waals surface area contributed by atoms with Gasteiger partial charge in [-0.1, -0.05) is 6.07 Å². The zero-order valence-electron chi connectivity index (χ0n) is 34.2. The Balaban J connectivity index is 1.11. The fourth-order valence-electron chi connectivity index (χ4n) is 7.30. The number of fused-ring (bicyclic) bond motifs is 1. The summed E-state index contributed by atoms with van der Waals surface area (Å²) < 4.78 is 45.1. The van der Waals surface area contributed by atoms with Gasteiger partial charge in [0.1, 0.15) is 96.2 Å². The second-order valence-corrected chi connectivity index (χ2v) is 15.6. The van der Waals surface area contributed by atoms with E-state index in [2.05, 4.69) is 0 Å². The third kappa shape index (κ3) is 9.67. The standard InChI is InChI=1S/C42H46O24/c1-14-28(50)38(65-41-35(57)33(55)30(52)25(64-41)13-59-26(49)7-3-15-2-5-18(44)20(46)8-15)36(58)42(60-14)61-17-10-22(48)27-23(11-17)62-37(16-4-6-19(45)21(47)9-16)39(31(27)53)66-40-34(56)32(54)29(51)24(12-43)63-40/h2-11,14,24-25,28-30,32-36,38,40-48,50-52,54-58H,12-13H2,1H3/b7-3+/t14-,24+,25+,28-,29+,30+,32-,33-,34+,35+,36+,38+,40-,41-,42-/m0/s1. The molecule has 14 N–H and O–H groups in total. The van der Waals surface area contributed by atoms with Gasteiger partial charge >= 0.3 is 5.97 Å². The van der Waals surface area contributed by atoms with Crippen LogP contribution in [0.15, 0.2) is 63.8 Å². The highest BCUT2D eigenvalue weighted by molar-refractivity contribution is 5.89. The van der Waals surface area contributed by atoms with E-state index >= 15 is 0 Å². The van der Waals surface area contributed by atoms with Gasteiger partial charge in [0.15, 0.2) is 35.0 Å². The summed E-state index contributed by atoms with van der Waals surface area (Å²) in [5.74, 6) is -5.49. The Bertz CT molecular complexity index is 2470. The fraction of sp³-hybridized carbons (Fsp3) is 0.429. The van der Waals surface area contributed by atoms with Crippen LogP contribution in [0.25, 0.3) is 28.4 Å². The molecular formula is C42H46O24. The number of carbonyl (C=O) groups is 1. The Kier molecular flexibility index (Phi) is 14.3. The molecule has 24 nitrogen and oxygen atoms in total. The minimum Gasteiger partial charge on any atom is -0.507 e. The molecule has 0 saturated carbocycles. The van der Waals surface area contributed by atoms with Gasteiger partial charge in [0.05, 0.1) is 12.7 Å². The average Bonchev–Trinajstić information content (AvgIpc) is 3.28. The maximum Gasteiger partial charge on any atom is 0.330 e. The SMILES string of the molecule is C[C@@H]1O[C@@H](Oc2cc(O)c3c(=O)c(O[C@@H]4O[C@H](CO)[C@@H](O)[C@H](O)[C@H]4O)c(-c4ccc(O)c(O)c4)oc3c2)[C@H](O)[C@H](O[C@@H]2O[C@H](COC(=O)/C=C/c3ccc(O)c(O)c3)[C@@H](O)[C@H](O)[C@H]2O)[C@H]1O. The first kappa shape index (κ1) is 48.1. The van der Waals surface area contributed by atoms with Crippen LogP contribution in [0.1, 0.15) is 12.5 Å². The van der Waals surface area contributed by atoms with Gasteiger partial charge < -0.3 is 109 Å². The minimum absolute atomic E-state index is 0.127. The number of carbonyl (C=O) groups excluding carboxylic acids is 1. The highest BCUT2D eigenvalue weighted by Crippen LogP contribution is 2.41. The number of aliphatic hydroxyl groups excluding tert-OH is 9. The lowest BCUT2D eigenvalue weighted by molar-refractivity contribution is -0.350. The summed E-state index contributed by atoms with van der Waals surface area (Å²) in [5, 5.41) is 145. The summed E-state index contributed by atoms with van der Waals surface area (Å²) in [7, 11) is 0. The summed E-state index contributed by atoms with van der Waals surface area (Å²) in [6.07, 6.45) is -24.5. The number of esters is 1. The van der Waals surface area contributed by atoms with Gasteiger partial charge in [0.2, 0.25) is 23.8 Å². The van der Waals surface area contributed by atoms with E-state index < -0.39 is 162 Å². The van der Waals surface area contributed by atoms with E-state index in [1.807, 2.05) is 0 Å². The second-order valence-electron chi connectivity index (χ2n) is 15.6. The molecule has 7 rings (SSSR count). The molecule has 66 heavy (non-hydrogen) atoms. The average molecular weight is 935 g/mol. The number of hydrogen-bond acceptors (Lipinski definition) is 24. The summed E-state index contributed by atoms with van der Waals surface area (Å²) in [6.45, 7) is -0.193. The molecular weight excluding hydrogens is 888 g/mol. The van der Waals surface area contributed by atoms with Crippen LogP contribution in [0.2, 0.25) is 0 Å². The van der Waals surface area contributed by atoms with E-state index in [1.54, 1.807) is 0 Å². The van der Waals surface area contributed by atoms with Crippen molar-refractivity contribution >= 4 is 23.0 Å². The van der Waals surface area contributed by atoms with E-state index in [4.69, 9.17) is 37.6 Å². The van der Waals surface area contributed by atoms with Crippen molar-refractivity contribution in [3.8, 4) is 51.6 Å². The van der Waals surface area contributed by atoms with Crippen molar-refractivity contribution in [1.82, 2.24) is 0 Å². The predicted molar refractivity (Wildman–Crippen MR) is 216 cm³/mol. The van der Waals surface area contributed by atoms with Gasteiger partial charge in [-0.3, -0.25) is 4.79 Å². The van der Waals surface area contributed by atoms with Crippen LogP contribution in [0.4, 0.5) is 0 Å². The normalized spacial score (nSPS) is 32.6. The molecule has 1 aromatic heterocycles. The van der Waals surface area contributed by atoms with Crippen molar-refractivity contribution in [1.29, 1.82) is 0 Å². The molecule has 4 aromatic rings. The third-order valence-electron chi connectivity index (χ3n) is 11.0. The number of hydrogen-bond donors (Lipinski definition) is 14. The molecule has 3 saturated heterocycles. The van der Waals surface area contributed by atoms with Crippen LogP contribution in [-0.2, 0) is 28.5 Å². The third-order valence-corrected chi connectivity index (χ3v) is 11.0. The van der Waals surface area contributed by atoms with Gasteiger partial charge in [0, 0.05) is 23.8 Å². The number of phenols is 5. The molecule has 3 fully saturated rings.